The predicted octanol–water partition coefficient (Wildman–Crippen LogP) is 3.24. The molecule has 0 spiro atoms. The number of hydrogen-bond donors (Lipinski definition) is 2. The zero-order valence-electron chi connectivity index (χ0n) is 14.5. The van der Waals surface area contributed by atoms with Crippen LogP contribution < -0.4 is 10.6 Å². The molecule has 1 aromatic rings. The smallest absolute Gasteiger partial charge is 0.372 e. The fourth-order valence-corrected chi connectivity index (χ4v) is 3.01. The fourth-order valence-electron chi connectivity index (χ4n) is 3.01. The van der Waals surface area contributed by atoms with Crippen LogP contribution in [0.3, 0.4) is 0 Å². The molecule has 25 heavy (non-hydrogen) atoms. The second-order valence-corrected chi connectivity index (χ2v) is 6.37. The number of benzene rings is 1. The molecule has 2 N–H and O–H groups in total. The number of hydrogen-bond acceptors (Lipinski definition) is 2. The van der Waals surface area contributed by atoms with Gasteiger partial charge in [0.25, 0.3) is 0 Å². The third-order valence-corrected chi connectivity index (χ3v) is 4.54. The molecule has 0 aliphatic heterocycles. The highest BCUT2D eigenvalue weighted by atomic mass is 19.4. The largest absolute Gasteiger partial charge is 0.411 e. The van der Waals surface area contributed by atoms with Crippen LogP contribution >= 0.6 is 0 Å². The molecular formula is C18H26F3N3O. The number of halogens is 3. The molecule has 140 valence electrons. The molecule has 2 rings (SSSR count). The van der Waals surface area contributed by atoms with Gasteiger partial charge in [-0.3, -0.25) is 4.99 Å². The molecule has 0 bridgehead atoms. The zero-order chi connectivity index (χ0) is 18.2. The first-order valence-corrected chi connectivity index (χ1v) is 8.60. The minimum absolute atomic E-state index is 0.0669. The standard InChI is InChI=1S/C18H26F3N3O/c1-22-16(23-11-6-12-25-14-18(19,20)21)24-13-17(9-5-10-17)15-7-3-2-4-8-15/h2-4,7-8H,5-6,9-14H2,1H3,(H2,22,23,24). The number of alkyl halides is 3. The predicted molar refractivity (Wildman–Crippen MR) is 92.8 cm³/mol. The Labute approximate surface area is 146 Å². The summed E-state index contributed by atoms with van der Waals surface area (Å²) >= 11 is 0. The number of nitrogens with one attached hydrogen (secondary N) is 2. The van der Waals surface area contributed by atoms with Crippen molar-refractivity contribution in [2.45, 2.75) is 37.3 Å². The van der Waals surface area contributed by atoms with Crippen molar-refractivity contribution in [3.8, 4) is 0 Å². The zero-order valence-corrected chi connectivity index (χ0v) is 14.5. The van der Waals surface area contributed by atoms with Crippen LogP contribution in [0.1, 0.15) is 31.2 Å². The lowest BCUT2D eigenvalue weighted by atomic mass is 9.64. The Morgan fingerprint density at radius 3 is 2.48 bits per heavy atom. The molecule has 1 aromatic carbocycles. The molecule has 1 aliphatic rings. The Morgan fingerprint density at radius 1 is 1.20 bits per heavy atom. The van der Waals surface area contributed by atoms with Crippen LogP contribution in [0.25, 0.3) is 0 Å². The first-order valence-electron chi connectivity index (χ1n) is 8.60. The molecule has 0 radical (unpaired) electrons. The van der Waals surface area contributed by atoms with Crippen LogP contribution in [0, 0.1) is 0 Å². The monoisotopic (exact) mass is 357 g/mol. The summed E-state index contributed by atoms with van der Waals surface area (Å²) in [4.78, 5) is 4.17. The molecule has 4 nitrogen and oxygen atoms in total. The van der Waals surface area contributed by atoms with E-state index in [1.807, 2.05) is 6.07 Å². The molecular weight excluding hydrogens is 331 g/mol. The molecule has 0 unspecified atom stereocenters. The van der Waals surface area contributed by atoms with E-state index >= 15 is 0 Å². The van der Waals surface area contributed by atoms with Crippen LogP contribution in [-0.2, 0) is 10.2 Å². The van der Waals surface area contributed by atoms with E-state index in [4.69, 9.17) is 0 Å². The Hall–Kier alpha value is -1.76. The first-order chi connectivity index (χ1) is 12.0. The van der Waals surface area contributed by atoms with Crippen molar-refractivity contribution in [3.05, 3.63) is 35.9 Å². The normalized spacial score (nSPS) is 17.0. The summed E-state index contributed by atoms with van der Waals surface area (Å²) in [5.74, 6) is 0.665. The first kappa shape index (κ1) is 19.6. The second kappa shape index (κ2) is 9.08. The number of nitrogens with zero attached hydrogens (tertiary/aromatic N) is 1. The van der Waals surface area contributed by atoms with Crippen molar-refractivity contribution in [3.63, 3.8) is 0 Å². The maximum atomic E-state index is 12.0. The van der Waals surface area contributed by atoms with Gasteiger partial charge in [0.1, 0.15) is 6.61 Å². The lowest BCUT2D eigenvalue weighted by Crippen LogP contribution is -2.49. The van der Waals surface area contributed by atoms with Crippen molar-refractivity contribution in [1.82, 2.24) is 10.6 Å². The van der Waals surface area contributed by atoms with Gasteiger partial charge in [0.05, 0.1) is 0 Å². The maximum Gasteiger partial charge on any atom is 0.411 e. The summed E-state index contributed by atoms with van der Waals surface area (Å²) in [7, 11) is 1.69. The van der Waals surface area contributed by atoms with E-state index in [1.165, 1.54) is 12.0 Å². The maximum absolute atomic E-state index is 12.0. The van der Waals surface area contributed by atoms with Gasteiger partial charge in [0.15, 0.2) is 5.96 Å². The van der Waals surface area contributed by atoms with E-state index in [9.17, 15) is 13.2 Å². The molecule has 0 amide bonds. The third-order valence-electron chi connectivity index (χ3n) is 4.54. The highest BCUT2D eigenvalue weighted by Gasteiger charge is 2.38. The van der Waals surface area contributed by atoms with Crippen LogP contribution in [0.5, 0.6) is 0 Å². The van der Waals surface area contributed by atoms with E-state index in [0.29, 0.717) is 18.9 Å². The fraction of sp³-hybridized carbons (Fsp3) is 0.611. The minimum Gasteiger partial charge on any atom is -0.372 e. The Kier molecular flexibility index (Phi) is 7.11. The van der Waals surface area contributed by atoms with E-state index in [1.54, 1.807) is 7.05 Å². The summed E-state index contributed by atoms with van der Waals surface area (Å²) in [6.45, 7) is 0.175. The van der Waals surface area contributed by atoms with Crippen LogP contribution in [-0.4, -0.2) is 45.5 Å². The lowest BCUT2D eigenvalue weighted by molar-refractivity contribution is -0.173. The average Bonchev–Trinajstić information content (AvgIpc) is 2.55. The Bertz CT molecular complexity index is 542. The van der Waals surface area contributed by atoms with Gasteiger partial charge in [-0.15, -0.1) is 0 Å². The van der Waals surface area contributed by atoms with E-state index in [0.717, 1.165) is 19.4 Å². The number of rotatable bonds is 8. The van der Waals surface area contributed by atoms with Crippen LogP contribution in [0.15, 0.2) is 35.3 Å². The van der Waals surface area contributed by atoms with Gasteiger partial charge in [0, 0.05) is 32.2 Å². The Morgan fingerprint density at radius 2 is 1.92 bits per heavy atom. The summed E-state index contributed by atoms with van der Waals surface area (Å²) in [6.07, 6.45) is -0.266. The summed E-state index contributed by atoms with van der Waals surface area (Å²) in [5.41, 5.74) is 1.49. The van der Waals surface area contributed by atoms with Gasteiger partial charge in [0.2, 0.25) is 0 Å². The molecule has 0 heterocycles. The van der Waals surface area contributed by atoms with Crippen molar-refractivity contribution < 1.29 is 17.9 Å². The quantitative estimate of drug-likeness (QED) is 0.427. The van der Waals surface area contributed by atoms with Crippen molar-refractivity contribution in [1.29, 1.82) is 0 Å². The SMILES string of the molecule is CN=C(NCCCOCC(F)(F)F)NCC1(c2ccccc2)CCC1. The topological polar surface area (TPSA) is 45.7 Å². The molecule has 7 heteroatoms. The van der Waals surface area contributed by atoms with E-state index in [2.05, 4.69) is 44.6 Å². The van der Waals surface area contributed by atoms with Crippen molar-refractivity contribution >= 4 is 5.96 Å². The number of guanidine groups is 1. The summed E-state index contributed by atoms with van der Waals surface area (Å²) in [5, 5.41) is 6.46. The third kappa shape index (κ3) is 6.23. The molecule has 0 saturated heterocycles. The van der Waals surface area contributed by atoms with Gasteiger partial charge in [-0.05, 0) is 24.8 Å². The highest BCUT2D eigenvalue weighted by Crippen LogP contribution is 2.43. The van der Waals surface area contributed by atoms with Crippen molar-refractivity contribution in [2.24, 2.45) is 4.99 Å². The minimum atomic E-state index is -4.26. The summed E-state index contributed by atoms with van der Waals surface area (Å²) in [6, 6.07) is 10.5. The average molecular weight is 357 g/mol. The summed E-state index contributed by atoms with van der Waals surface area (Å²) < 4.78 is 40.5. The number of aliphatic imine (C=N–C) groups is 1. The van der Waals surface area contributed by atoms with Gasteiger partial charge in [-0.2, -0.15) is 13.2 Å². The van der Waals surface area contributed by atoms with Crippen LogP contribution in [0.4, 0.5) is 13.2 Å². The van der Waals surface area contributed by atoms with Crippen molar-refractivity contribution in [2.75, 3.05) is 33.4 Å². The van der Waals surface area contributed by atoms with E-state index < -0.39 is 12.8 Å². The highest BCUT2D eigenvalue weighted by molar-refractivity contribution is 5.79. The lowest BCUT2D eigenvalue weighted by Gasteiger charge is -2.43. The molecule has 0 atom stereocenters. The van der Waals surface area contributed by atoms with Gasteiger partial charge < -0.3 is 15.4 Å². The second-order valence-electron chi connectivity index (χ2n) is 6.37. The van der Waals surface area contributed by atoms with E-state index in [-0.39, 0.29) is 12.0 Å². The molecule has 1 saturated carbocycles. The van der Waals surface area contributed by atoms with Gasteiger partial charge in [-0.25, -0.2) is 0 Å². The molecule has 1 fully saturated rings. The van der Waals surface area contributed by atoms with Gasteiger partial charge >= 0.3 is 6.18 Å². The van der Waals surface area contributed by atoms with Gasteiger partial charge in [-0.1, -0.05) is 36.8 Å². The van der Waals surface area contributed by atoms with Crippen LogP contribution in [0.2, 0.25) is 0 Å². The molecule has 1 aliphatic carbocycles. The molecule has 0 aromatic heterocycles. The Balaban J connectivity index is 1.70. The number of ether oxygens (including phenoxy) is 1.